The first-order valence-electron chi connectivity index (χ1n) is 8.91. The molecule has 0 saturated carbocycles. The maximum absolute atomic E-state index is 12.4. The molecule has 1 aromatic heterocycles. The third-order valence-corrected chi connectivity index (χ3v) is 5.21. The second-order valence-electron chi connectivity index (χ2n) is 6.59. The minimum atomic E-state index is -0.126. The van der Waals surface area contributed by atoms with Gasteiger partial charge in [0.15, 0.2) is 0 Å². The molecule has 1 aliphatic rings. The molecule has 1 fully saturated rings. The second-order valence-corrected chi connectivity index (χ2v) is 8.24. The van der Waals surface area contributed by atoms with E-state index in [9.17, 15) is 4.79 Å². The van der Waals surface area contributed by atoms with Crippen molar-refractivity contribution < 1.29 is 4.79 Å². The number of benzene rings is 1. The Morgan fingerprint density at radius 2 is 1.80 bits per heavy atom. The molecule has 1 N–H and O–H groups in total. The van der Waals surface area contributed by atoms with Crippen LogP contribution in [0.15, 0.2) is 47.5 Å². The number of hydrogen-bond acceptors (Lipinski definition) is 4. The number of thioether (sulfide) groups is 1. The van der Waals surface area contributed by atoms with Gasteiger partial charge in [-0.15, -0.1) is 11.8 Å². The van der Waals surface area contributed by atoms with Gasteiger partial charge >= 0.3 is 0 Å². The van der Waals surface area contributed by atoms with Crippen LogP contribution in [0.1, 0.15) is 43.5 Å². The van der Waals surface area contributed by atoms with Crippen LogP contribution in [0.25, 0.3) is 0 Å². The highest BCUT2D eigenvalue weighted by Gasteiger charge is 2.12. The predicted octanol–water partition coefficient (Wildman–Crippen LogP) is 4.82. The molecule has 3 rings (SSSR count). The van der Waals surface area contributed by atoms with Crippen molar-refractivity contribution in [2.75, 3.05) is 23.3 Å². The summed E-state index contributed by atoms with van der Waals surface area (Å²) in [4.78, 5) is 20.3. The molecule has 0 bridgehead atoms. The highest BCUT2D eigenvalue weighted by Crippen LogP contribution is 2.23. The van der Waals surface area contributed by atoms with E-state index >= 15 is 0 Å². The average molecular weight is 356 g/mol. The lowest BCUT2D eigenvalue weighted by Gasteiger charge is -2.28. The van der Waals surface area contributed by atoms with Crippen molar-refractivity contribution in [3.63, 3.8) is 0 Å². The highest BCUT2D eigenvalue weighted by molar-refractivity contribution is 7.99. The van der Waals surface area contributed by atoms with Crippen molar-refractivity contribution in [2.45, 2.75) is 43.3 Å². The summed E-state index contributed by atoms with van der Waals surface area (Å²) in [6, 6.07) is 11.6. The Morgan fingerprint density at radius 1 is 1.08 bits per heavy atom. The molecule has 1 aliphatic heterocycles. The molecule has 132 valence electrons. The van der Waals surface area contributed by atoms with Crippen molar-refractivity contribution in [1.29, 1.82) is 0 Å². The molecule has 0 atom stereocenters. The summed E-state index contributed by atoms with van der Waals surface area (Å²) < 4.78 is 0. The van der Waals surface area contributed by atoms with E-state index < -0.39 is 0 Å². The van der Waals surface area contributed by atoms with Crippen LogP contribution in [0.5, 0.6) is 0 Å². The van der Waals surface area contributed by atoms with Crippen molar-refractivity contribution in [3.05, 3.63) is 48.2 Å². The fourth-order valence-electron chi connectivity index (χ4n) is 2.94. The third kappa shape index (κ3) is 4.98. The summed E-state index contributed by atoms with van der Waals surface area (Å²) in [6.07, 6.45) is 5.64. The first kappa shape index (κ1) is 17.8. The van der Waals surface area contributed by atoms with Crippen LogP contribution in [-0.2, 0) is 0 Å². The maximum Gasteiger partial charge on any atom is 0.256 e. The Kier molecular flexibility index (Phi) is 5.97. The quantitative estimate of drug-likeness (QED) is 0.781. The standard InChI is InChI=1S/C20H25N3OS/c1-15(2)25-18-9-6-16(7-10-18)20(24)22-19-11-8-17(14-21-19)23-12-4-3-5-13-23/h6-11,14-15H,3-5,12-13H2,1-2H3,(H,21,22,24). The number of nitrogens with one attached hydrogen (secondary N) is 1. The fourth-order valence-corrected chi connectivity index (χ4v) is 3.78. The molecule has 1 amide bonds. The molecule has 2 aromatic rings. The fraction of sp³-hybridized carbons (Fsp3) is 0.400. The van der Waals surface area contributed by atoms with E-state index in [1.54, 1.807) is 11.8 Å². The van der Waals surface area contributed by atoms with Crippen LogP contribution in [-0.4, -0.2) is 29.2 Å². The molecule has 5 heteroatoms. The van der Waals surface area contributed by atoms with E-state index in [4.69, 9.17) is 0 Å². The number of piperidine rings is 1. The second kappa shape index (κ2) is 8.39. The van der Waals surface area contributed by atoms with Crippen LogP contribution in [0.2, 0.25) is 0 Å². The van der Waals surface area contributed by atoms with Gasteiger partial charge < -0.3 is 10.2 Å². The molecule has 0 aliphatic carbocycles. The van der Waals surface area contributed by atoms with Crippen molar-refractivity contribution in [2.24, 2.45) is 0 Å². The maximum atomic E-state index is 12.4. The van der Waals surface area contributed by atoms with E-state index in [-0.39, 0.29) is 5.91 Å². The van der Waals surface area contributed by atoms with E-state index in [2.05, 4.69) is 29.0 Å². The largest absolute Gasteiger partial charge is 0.370 e. The zero-order valence-corrected chi connectivity index (χ0v) is 15.7. The first-order chi connectivity index (χ1) is 12.1. The van der Waals surface area contributed by atoms with Crippen molar-refractivity contribution in [3.8, 4) is 0 Å². The monoisotopic (exact) mass is 355 g/mol. The van der Waals surface area contributed by atoms with E-state index in [0.717, 1.165) is 18.8 Å². The van der Waals surface area contributed by atoms with Crippen LogP contribution in [0, 0.1) is 0 Å². The summed E-state index contributed by atoms with van der Waals surface area (Å²) >= 11 is 1.79. The number of pyridine rings is 1. The van der Waals surface area contributed by atoms with Gasteiger partial charge in [-0.25, -0.2) is 4.98 Å². The minimum absolute atomic E-state index is 0.126. The van der Waals surface area contributed by atoms with Gasteiger partial charge in [0.05, 0.1) is 11.9 Å². The molecule has 2 heterocycles. The molecule has 0 radical (unpaired) electrons. The molecule has 1 saturated heterocycles. The molecule has 0 unspecified atom stereocenters. The number of aromatic nitrogens is 1. The van der Waals surface area contributed by atoms with Gasteiger partial charge in [0.1, 0.15) is 5.82 Å². The lowest BCUT2D eigenvalue weighted by Crippen LogP contribution is -2.29. The van der Waals surface area contributed by atoms with Gasteiger partial charge in [0.25, 0.3) is 5.91 Å². The van der Waals surface area contributed by atoms with Gasteiger partial charge in [0.2, 0.25) is 0 Å². The van der Waals surface area contributed by atoms with Crippen molar-refractivity contribution >= 4 is 29.2 Å². The van der Waals surface area contributed by atoms with Crippen LogP contribution in [0.4, 0.5) is 11.5 Å². The van der Waals surface area contributed by atoms with Gasteiger partial charge in [0, 0.05) is 28.8 Å². The summed E-state index contributed by atoms with van der Waals surface area (Å²) in [5.74, 6) is 0.464. The number of amides is 1. The van der Waals surface area contributed by atoms with Gasteiger partial charge in [-0.2, -0.15) is 0 Å². The van der Waals surface area contributed by atoms with Crippen LogP contribution < -0.4 is 10.2 Å². The van der Waals surface area contributed by atoms with Crippen LogP contribution >= 0.6 is 11.8 Å². The number of carbonyl (C=O) groups is 1. The minimum Gasteiger partial charge on any atom is -0.370 e. The number of carbonyl (C=O) groups excluding carboxylic acids is 1. The highest BCUT2D eigenvalue weighted by atomic mass is 32.2. The Bertz CT molecular complexity index is 692. The van der Waals surface area contributed by atoms with Gasteiger partial charge in [-0.3, -0.25) is 4.79 Å². The summed E-state index contributed by atoms with van der Waals surface area (Å²) in [5, 5.41) is 3.40. The summed E-state index contributed by atoms with van der Waals surface area (Å²) in [6.45, 7) is 6.50. The Morgan fingerprint density at radius 3 is 2.40 bits per heavy atom. The van der Waals surface area contributed by atoms with Gasteiger partial charge in [-0.1, -0.05) is 13.8 Å². The molecular weight excluding hydrogens is 330 g/mol. The molecule has 1 aromatic carbocycles. The Labute approximate surface area is 154 Å². The SMILES string of the molecule is CC(C)Sc1ccc(C(=O)Nc2ccc(N3CCCCC3)cn2)cc1. The lowest BCUT2D eigenvalue weighted by molar-refractivity contribution is 0.102. The molecular formula is C20H25N3OS. The number of rotatable bonds is 5. The summed E-state index contributed by atoms with van der Waals surface area (Å²) in [7, 11) is 0. The van der Waals surface area contributed by atoms with Gasteiger partial charge in [-0.05, 0) is 55.7 Å². The molecule has 25 heavy (non-hydrogen) atoms. The number of anilines is 2. The van der Waals surface area contributed by atoms with Crippen molar-refractivity contribution in [1.82, 2.24) is 4.98 Å². The topological polar surface area (TPSA) is 45.2 Å². The average Bonchev–Trinajstić information content (AvgIpc) is 2.63. The predicted molar refractivity (Wildman–Crippen MR) is 106 cm³/mol. The lowest BCUT2D eigenvalue weighted by atomic mass is 10.1. The third-order valence-electron chi connectivity index (χ3n) is 4.20. The van der Waals surface area contributed by atoms with E-state index in [1.807, 2.05) is 42.6 Å². The molecule has 0 spiro atoms. The first-order valence-corrected chi connectivity index (χ1v) is 9.79. The number of nitrogens with zero attached hydrogens (tertiary/aromatic N) is 2. The number of hydrogen-bond donors (Lipinski definition) is 1. The van der Waals surface area contributed by atoms with Crippen LogP contribution in [0.3, 0.4) is 0 Å². The summed E-state index contributed by atoms with van der Waals surface area (Å²) in [5.41, 5.74) is 1.78. The molecule has 4 nitrogen and oxygen atoms in total. The normalized spacial score (nSPS) is 14.6. The Hall–Kier alpha value is -2.01. The smallest absolute Gasteiger partial charge is 0.256 e. The van der Waals surface area contributed by atoms with E-state index in [0.29, 0.717) is 16.6 Å². The zero-order chi connectivity index (χ0) is 17.6. The zero-order valence-electron chi connectivity index (χ0n) is 14.9. The Balaban J connectivity index is 1.60. The van der Waals surface area contributed by atoms with E-state index in [1.165, 1.54) is 24.2 Å².